The molecule has 4 nitrogen and oxygen atoms in total. The lowest BCUT2D eigenvalue weighted by Crippen LogP contribution is -2.26. The number of hydrogen-bond acceptors (Lipinski definition) is 3. The van der Waals surface area contributed by atoms with E-state index < -0.39 is 0 Å². The van der Waals surface area contributed by atoms with Gasteiger partial charge in [-0.25, -0.2) is 4.98 Å². The summed E-state index contributed by atoms with van der Waals surface area (Å²) in [6.07, 6.45) is 4.72. The fraction of sp³-hybridized carbons (Fsp3) is 0.462. The molecule has 4 heteroatoms. The maximum Gasteiger partial charge on any atom is 0.137 e. The number of aromatic nitrogens is 2. The van der Waals surface area contributed by atoms with Crippen molar-refractivity contribution in [2.45, 2.75) is 32.9 Å². The van der Waals surface area contributed by atoms with Gasteiger partial charge in [-0.05, 0) is 38.0 Å². The smallest absolute Gasteiger partial charge is 0.137 e. The Morgan fingerprint density at radius 2 is 2.35 bits per heavy atom. The summed E-state index contributed by atoms with van der Waals surface area (Å²) in [4.78, 5) is 4.38. The van der Waals surface area contributed by atoms with E-state index in [1.165, 1.54) is 5.56 Å². The van der Waals surface area contributed by atoms with E-state index >= 15 is 0 Å². The zero-order valence-electron chi connectivity index (χ0n) is 10.3. The highest BCUT2D eigenvalue weighted by Gasteiger charge is 2.05. The van der Waals surface area contributed by atoms with E-state index in [4.69, 9.17) is 5.11 Å². The molecule has 0 fully saturated rings. The average Bonchev–Trinajstić information content (AvgIpc) is 2.69. The van der Waals surface area contributed by atoms with Gasteiger partial charge in [0.15, 0.2) is 0 Å². The summed E-state index contributed by atoms with van der Waals surface area (Å²) in [7, 11) is 0. The van der Waals surface area contributed by atoms with Crippen molar-refractivity contribution in [1.82, 2.24) is 14.7 Å². The molecule has 2 aromatic rings. The standard InChI is InChI=1S/C13H19N3O/c1-10-3-5-16-12(9-15-13(16)7-10)8-14-11(2)4-6-17/h3,5,7,9,11,14,17H,4,6,8H2,1-2H3. The zero-order valence-corrected chi connectivity index (χ0v) is 10.3. The number of aliphatic hydroxyl groups excluding tert-OH is 1. The van der Waals surface area contributed by atoms with Crippen molar-refractivity contribution in [3.63, 3.8) is 0 Å². The molecule has 0 aliphatic rings. The Kier molecular flexibility index (Phi) is 3.76. The number of nitrogens with zero attached hydrogens (tertiary/aromatic N) is 2. The molecule has 0 bridgehead atoms. The predicted molar refractivity (Wildman–Crippen MR) is 67.9 cm³/mol. The molecule has 92 valence electrons. The van der Waals surface area contributed by atoms with Crippen LogP contribution in [0.4, 0.5) is 0 Å². The van der Waals surface area contributed by atoms with Gasteiger partial charge in [-0.3, -0.25) is 0 Å². The predicted octanol–water partition coefficient (Wildman–Crippen LogP) is 1.50. The van der Waals surface area contributed by atoms with E-state index in [1.54, 1.807) is 0 Å². The summed E-state index contributed by atoms with van der Waals surface area (Å²) in [5.74, 6) is 0. The minimum Gasteiger partial charge on any atom is -0.396 e. The number of fused-ring (bicyclic) bond motifs is 1. The first-order valence-electron chi connectivity index (χ1n) is 5.97. The Morgan fingerprint density at radius 1 is 1.53 bits per heavy atom. The van der Waals surface area contributed by atoms with Gasteiger partial charge in [0.1, 0.15) is 5.65 Å². The molecule has 0 amide bonds. The lowest BCUT2D eigenvalue weighted by Gasteiger charge is -2.11. The zero-order chi connectivity index (χ0) is 12.3. The van der Waals surface area contributed by atoms with Crippen LogP contribution in [0.5, 0.6) is 0 Å². The van der Waals surface area contributed by atoms with E-state index in [9.17, 15) is 0 Å². The van der Waals surface area contributed by atoms with Gasteiger partial charge in [-0.1, -0.05) is 0 Å². The maximum absolute atomic E-state index is 8.84. The Hall–Kier alpha value is -1.39. The molecule has 1 unspecified atom stereocenters. The second-order valence-electron chi connectivity index (χ2n) is 4.48. The summed E-state index contributed by atoms with van der Waals surface area (Å²) in [6.45, 7) is 5.13. The van der Waals surface area contributed by atoms with E-state index in [0.717, 1.165) is 24.3 Å². The third kappa shape index (κ3) is 2.84. The highest BCUT2D eigenvalue weighted by Crippen LogP contribution is 2.09. The minimum absolute atomic E-state index is 0.223. The number of hydrogen-bond donors (Lipinski definition) is 2. The second-order valence-corrected chi connectivity index (χ2v) is 4.48. The highest BCUT2D eigenvalue weighted by atomic mass is 16.3. The molecular formula is C13H19N3O. The van der Waals surface area contributed by atoms with Crippen LogP contribution < -0.4 is 5.32 Å². The first kappa shape index (κ1) is 12.1. The number of imidazole rings is 1. The third-order valence-corrected chi connectivity index (χ3v) is 2.94. The molecule has 2 aromatic heterocycles. The molecular weight excluding hydrogens is 214 g/mol. The molecule has 0 saturated heterocycles. The van der Waals surface area contributed by atoms with Crippen LogP contribution in [-0.2, 0) is 6.54 Å². The van der Waals surface area contributed by atoms with Crippen molar-refractivity contribution in [3.05, 3.63) is 35.8 Å². The van der Waals surface area contributed by atoms with Crippen molar-refractivity contribution < 1.29 is 5.11 Å². The van der Waals surface area contributed by atoms with Gasteiger partial charge < -0.3 is 14.8 Å². The molecule has 2 rings (SSSR count). The van der Waals surface area contributed by atoms with Gasteiger partial charge in [-0.15, -0.1) is 0 Å². The molecule has 0 spiro atoms. The number of pyridine rings is 1. The van der Waals surface area contributed by atoms with Crippen LogP contribution in [0.25, 0.3) is 5.65 Å². The minimum atomic E-state index is 0.223. The van der Waals surface area contributed by atoms with Gasteiger partial charge in [0.25, 0.3) is 0 Å². The molecule has 0 aliphatic carbocycles. The molecule has 0 aliphatic heterocycles. The first-order valence-corrected chi connectivity index (χ1v) is 5.97. The van der Waals surface area contributed by atoms with Crippen LogP contribution in [0.1, 0.15) is 24.6 Å². The van der Waals surface area contributed by atoms with Crippen LogP contribution in [-0.4, -0.2) is 27.1 Å². The summed E-state index contributed by atoms with van der Waals surface area (Å²) >= 11 is 0. The fourth-order valence-corrected chi connectivity index (χ4v) is 1.84. The molecule has 0 saturated carbocycles. The van der Waals surface area contributed by atoms with Gasteiger partial charge in [0, 0.05) is 25.4 Å². The molecule has 2 N–H and O–H groups in total. The fourth-order valence-electron chi connectivity index (χ4n) is 1.84. The Morgan fingerprint density at radius 3 is 3.12 bits per heavy atom. The average molecular weight is 233 g/mol. The largest absolute Gasteiger partial charge is 0.396 e. The van der Waals surface area contributed by atoms with Crippen molar-refractivity contribution >= 4 is 5.65 Å². The van der Waals surface area contributed by atoms with E-state index in [1.807, 2.05) is 12.4 Å². The third-order valence-electron chi connectivity index (χ3n) is 2.94. The summed E-state index contributed by atoms with van der Waals surface area (Å²) < 4.78 is 2.09. The van der Waals surface area contributed by atoms with Crippen molar-refractivity contribution in [2.24, 2.45) is 0 Å². The summed E-state index contributed by atoms with van der Waals surface area (Å²) in [5, 5.41) is 12.2. The summed E-state index contributed by atoms with van der Waals surface area (Å²) in [6, 6.07) is 4.46. The lowest BCUT2D eigenvalue weighted by molar-refractivity contribution is 0.268. The van der Waals surface area contributed by atoms with Crippen LogP contribution in [0, 0.1) is 6.92 Å². The molecule has 1 atom stereocenters. The van der Waals surface area contributed by atoms with E-state index in [0.29, 0.717) is 6.04 Å². The Balaban J connectivity index is 2.09. The van der Waals surface area contributed by atoms with Gasteiger partial charge >= 0.3 is 0 Å². The monoisotopic (exact) mass is 233 g/mol. The molecule has 2 heterocycles. The lowest BCUT2D eigenvalue weighted by atomic mass is 10.2. The molecule has 0 aromatic carbocycles. The van der Waals surface area contributed by atoms with Crippen LogP contribution >= 0.6 is 0 Å². The van der Waals surface area contributed by atoms with Crippen LogP contribution in [0.2, 0.25) is 0 Å². The van der Waals surface area contributed by atoms with Gasteiger partial charge in [0.05, 0.1) is 11.9 Å². The van der Waals surface area contributed by atoms with Crippen LogP contribution in [0.15, 0.2) is 24.5 Å². The second kappa shape index (κ2) is 5.29. The quantitative estimate of drug-likeness (QED) is 0.823. The van der Waals surface area contributed by atoms with Crippen LogP contribution in [0.3, 0.4) is 0 Å². The van der Waals surface area contributed by atoms with Crippen molar-refractivity contribution in [3.8, 4) is 0 Å². The van der Waals surface area contributed by atoms with Crippen molar-refractivity contribution in [2.75, 3.05) is 6.61 Å². The molecule has 0 radical (unpaired) electrons. The normalized spacial score (nSPS) is 13.1. The highest BCUT2D eigenvalue weighted by molar-refractivity contribution is 5.42. The number of rotatable bonds is 5. The Bertz CT molecular complexity index is 492. The number of nitrogens with one attached hydrogen (secondary N) is 1. The first-order chi connectivity index (χ1) is 8.20. The van der Waals surface area contributed by atoms with Gasteiger partial charge in [-0.2, -0.15) is 0 Å². The SMILES string of the molecule is Cc1ccn2c(CNC(C)CCO)cnc2c1. The summed E-state index contributed by atoms with van der Waals surface area (Å²) in [5.41, 5.74) is 3.35. The topological polar surface area (TPSA) is 49.6 Å². The van der Waals surface area contributed by atoms with Crippen molar-refractivity contribution in [1.29, 1.82) is 0 Å². The molecule has 17 heavy (non-hydrogen) atoms. The number of aliphatic hydroxyl groups is 1. The Labute approximate surface area is 101 Å². The van der Waals surface area contributed by atoms with E-state index in [2.05, 4.69) is 40.7 Å². The maximum atomic E-state index is 8.84. The number of aryl methyl sites for hydroxylation is 1. The van der Waals surface area contributed by atoms with E-state index in [-0.39, 0.29) is 6.61 Å². The van der Waals surface area contributed by atoms with Gasteiger partial charge in [0.2, 0.25) is 0 Å².